The lowest BCUT2D eigenvalue weighted by Gasteiger charge is -2.03. The van der Waals surface area contributed by atoms with E-state index in [1.807, 2.05) is 12.1 Å². The molecular formula is C10H11NO2. The van der Waals surface area contributed by atoms with Gasteiger partial charge in [-0.3, -0.25) is 0 Å². The molecule has 13 heavy (non-hydrogen) atoms. The molecule has 3 nitrogen and oxygen atoms in total. The van der Waals surface area contributed by atoms with Gasteiger partial charge in [0.1, 0.15) is 0 Å². The first kappa shape index (κ1) is 8.23. The summed E-state index contributed by atoms with van der Waals surface area (Å²) in [5, 5.41) is 0. The molecular weight excluding hydrogens is 166 g/mol. The molecule has 1 heterocycles. The number of ether oxygens (including phenoxy) is 1. The molecule has 1 aliphatic rings. The minimum atomic E-state index is -0.331. The van der Waals surface area contributed by atoms with Crippen LogP contribution in [0.3, 0.4) is 0 Å². The molecule has 0 radical (unpaired) electrons. The Morgan fingerprint density at radius 3 is 3.00 bits per heavy atom. The van der Waals surface area contributed by atoms with Gasteiger partial charge in [0.25, 0.3) is 0 Å². The number of pyridine rings is 1. The van der Waals surface area contributed by atoms with Gasteiger partial charge in [0.2, 0.25) is 0 Å². The lowest BCUT2D eigenvalue weighted by Crippen LogP contribution is -2.07. The second-order valence-electron chi connectivity index (χ2n) is 3.21. The van der Waals surface area contributed by atoms with Crippen LogP contribution >= 0.6 is 0 Å². The second kappa shape index (κ2) is 3.17. The molecule has 68 valence electrons. The minimum absolute atomic E-state index is 0.331. The molecule has 1 fully saturated rings. The number of carbonyl (C=O) groups excluding carboxylic acids is 1. The Bertz CT molecular complexity index is 331. The van der Waals surface area contributed by atoms with E-state index < -0.39 is 0 Å². The summed E-state index contributed by atoms with van der Waals surface area (Å²) in [6, 6.07) is 3.82. The fourth-order valence-electron chi connectivity index (χ4n) is 1.41. The minimum Gasteiger partial charge on any atom is -0.464 e. The van der Waals surface area contributed by atoms with Crippen molar-refractivity contribution in [2.75, 3.05) is 7.11 Å². The predicted molar refractivity (Wildman–Crippen MR) is 47.6 cm³/mol. The number of nitrogens with zero attached hydrogens (tertiary/aromatic N) is 1. The fraction of sp³-hybridized carbons (Fsp3) is 0.400. The van der Waals surface area contributed by atoms with Gasteiger partial charge in [-0.15, -0.1) is 0 Å². The monoisotopic (exact) mass is 177 g/mol. The predicted octanol–water partition coefficient (Wildman–Crippen LogP) is 1.75. The summed E-state index contributed by atoms with van der Waals surface area (Å²) in [4.78, 5) is 15.3. The van der Waals surface area contributed by atoms with Crippen LogP contribution in [0.15, 0.2) is 18.3 Å². The summed E-state index contributed by atoms with van der Waals surface area (Å²) >= 11 is 0. The van der Waals surface area contributed by atoms with Crippen LogP contribution in [0.4, 0.5) is 0 Å². The molecule has 2 rings (SSSR count). The zero-order chi connectivity index (χ0) is 9.26. The summed E-state index contributed by atoms with van der Waals surface area (Å²) in [6.45, 7) is 0. The first-order chi connectivity index (χ1) is 6.33. The highest BCUT2D eigenvalue weighted by atomic mass is 16.5. The maximum atomic E-state index is 11.3. The van der Waals surface area contributed by atoms with E-state index in [0.29, 0.717) is 11.6 Å². The van der Waals surface area contributed by atoms with Crippen LogP contribution in [-0.4, -0.2) is 18.1 Å². The maximum Gasteiger partial charge on any atom is 0.356 e. The first-order valence-electron chi connectivity index (χ1n) is 4.36. The average molecular weight is 177 g/mol. The van der Waals surface area contributed by atoms with Gasteiger partial charge in [0, 0.05) is 6.20 Å². The zero-order valence-corrected chi connectivity index (χ0v) is 7.49. The van der Waals surface area contributed by atoms with Crippen molar-refractivity contribution in [2.24, 2.45) is 0 Å². The molecule has 1 aromatic heterocycles. The van der Waals surface area contributed by atoms with Gasteiger partial charge >= 0.3 is 5.97 Å². The van der Waals surface area contributed by atoms with Gasteiger partial charge in [0.15, 0.2) is 5.69 Å². The number of esters is 1. The van der Waals surface area contributed by atoms with E-state index in [0.717, 1.165) is 18.4 Å². The molecule has 0 atom stereocenters. The maximum absolute atomic E-state index is 11.3. The Kier molecular flexibility index (Phi) is 2.00. The van der Waals surface area contributed by atoms with Gasteiger partial charge in [-0.25, -0.2) is 9.78 Å². The molecule has 3 heteroatoms. The molecule has 0 aromatic carbocycles. The molecule has 1 aliphatic carbocycles. The highest BCUT2D eigenvalue weighted by molar-refractivity contribution is 5.89. The van der Waals surface area contributed by atoms with Crippen molar-refractivity contribution < 1.29 is 9.53 Å². The number of carbonyl (C=O) groups is 1. The Morgan fingerprint density at radius 1 is 1.62 bits per heavy atom. The van der Waals surface area contributed by atoms with Crippen LogP contribution in [0.25, 0.3) is 0 Å². The standard InChI is InChI=1S/C10H11NO2/c1-13-10(12)9-8(7-4-5-7)3-2-6-11-9/h2-3,6-7H,4-5H2,1H3. The third-order valence-electron chi connectivity index (χ3n) is 2.23. The van der Waals surface area contributed by atoms with Crippen LogP contribution in [-0.2, 0) is 4.74 Å². The molecule has 1 saturated carbocycles. The molecule has 0 aliphatic heterocycles. The average Bonchev–Trinajstić information content (AvgIpc) is 3.00. The molecule has 1 aromatic rings. The van der Waals surface area contributed by atoms with Crippen molar-refractivity contribution in [2.45, 2.75) is 18.8 Å². The van der Waals surface area contributed by atoms with E-state index in [1.54, 1.807) is 6.20 Å². The summed E-state index contributed by atoms with van der Waals surface area (Å²) in [5.74, 6) is 0.199. The lowest BCUT2D eigenvalue weighted by atomic mass is 10.1. The smallest absolute Gasteiger partial charge is 0.356 e. The quantitative estimate of drug-likeness (QED) is 0.646. The molecule has 0 bridgehead atoms. The van der Waals surface area contributed by atoms with E-state index >= 15 is 0 Å². The lowest BCUT2D eigenvalue weighted by molar-refractivity contribution is 0.0592. The van der Waals surface area contributed by atoms with Gasteiger partial charge in [-0.1, -0.05) is 6.07 Å². The molecule has 0 saturated heterocycles. The SMILES string of the molecule is COC(=O)c1ncccc1C1CC1. The van der Waals surface area contributed by atoms with E-state index in [-0.39, 0.29) is 5.97 Å². The zero-order valence-electron chi connectivity index (χ0n) is 7.49. The summed E-state index contributed by atoms with van der Waals surface area (Å²) in [7, 11) is 1.38. The Labute approximate surface area is 76.7 Å². The number of rotatable bonds is 2. The highest BCUT2D eigenvalue weighted by Crippen LogP contribution is 2.41. The van der Waals surface area contributed by atoms with E-state index in [9.17, 15) is 4.79 Å². The molecule has 0 amide bonds. The Hall–Kier alpha value is -1.38. The van der Waals surface area contributed by atoms with Crippen molar-refractivity contribution in [3.63, 3.8) is 0 Å². The summed E-state index contributed by atoms with van der Waals surface area (Å²) in [5.41, 5.74) is 1.52. The van der Waals surface area contributed by atoms with E-state index in [2.05, 4.69) is 9.72 Å². The third kappa shape index (κ3) is 1.54. The van der Waals surface area contributed by atoms with Crippen LogP contribution < -0.4 is 0 Å². The fourth-order valence-corrected chi connectivity index (χ4v) is 1.41. The van der Waals surface area contributed by atoms with E-state index in [1.165, 1.54) is 7.11 Å². The van der Waals surface area contributed by atoms with Crippen molar-refractivity contribution in [1.29, 1.82) is 0 Å². The number of methoxy groups -OCH3 is 1. The van der Waals surface area contributed by atoms with Crippen LogP contribution in [0.1, 0.15) is 34.8 Å². The second-order valence-corrected chi connectivity index (χ2v) is 3.21. The number of hydrogen-bond donors (Lipinski definition) is 0. The number of hydrogen-bond acceptors (Lipinski definition) is 3. The third-order valence-corrected chi connectivity index (χ3v) is 2.23. The largest absolute Gasteiger partial charge is 0.464 e. The Balaban J connectivity index is 2.36. The van der Waals surface area contributed by atoms with Crippen molar-refractivity contribution in [3.05, 3.63) is 29.6 Å². The summed E-state index contributed by atoms with van der Waals surface area (Å²) < 4.78 is 4.65. The van der Waals surface area contributed by atoms with Crippen molar-refractivity contribution >= 4 is 5.97 Å². The van der Waals surface area contributed by atoms with Crippen molar-refractivity contribution in [1.82, 2.24) is 4.98 Å². The molecule has 0 spiro atoms. The van der Waals surface area contributed by atoms with Crippen LogP contribution in [0.2, 0.25) is 0 Å². The Morgan fingerprint density at radius 2 is 2.38 bits per heavy atom. The van der Waals surface area contributed by atoms with Gasteiger partial charge in [0.05, 0.1) is 7.11 Å². The van der Waals surface area contributed by atoms with Crippen LogP contribution in [0.5, 0.6) is 0 Å². The van der Waals surface area contributed by atoms with Gasteiger partial charge in [-0.05, 0) is 30.4 Å². The van der Waals surface area contributed by atoms with Gasteiger partial charge in [-0.2, -0.15) is 0 Å². The topological polar surface area (TPSA) is 39.2 Å². The van der Waals surface area contributed by atoms with Gasteiger partial charge < -0.3 is 4.74 Å². The summed E-state index contributed by atoms with van der Waals surface area (Å²) in [6.07, 6.45) is 3.95. The molecule has 0 N–H and O–H groups in total. The molecule has 0 unspecified atom stereocenters. The highest BCUT2D eigenvalue weighted by Gasteiger charge is 2.28. The first-order valence-corrected chi connectivity index (χ1v) is 4.36. The van der Waals surface area contributed by atoms with Crippen molar-refractivity contribution in [3.8, 4) is 0 Å². The number of aromatic nitrogens is 1. The van der Waals surface area contributed by atoms with E-state index in [4.69, 9.17) is 0 Å². The normalized spacial score (nSPS) is 15.5. The van der Waals surface area contributed by atoms with Crippen LogP contribution in [0, 0.1) is 0 Å².